The van der Waals surface area contributed by atoms with E-state index in [1.54, 1.807) is 13.8 Å². The summed E-state index contributed by atoms with van der Waals surface area (Å²) in [5, 5.41) is 17.7. The van der Waals surface area contributed by atoms with Crippen LogP contribution in [-0.2, 0) is 0 Å². The molecule has 110 valence electrons. The van der Waals surface area contributed by atoms with Gasteiger partial charge in [0.05, 0.1) is 5.69 Å². The number of aromatic nitrogens is 2. The van der Waals surface area contributed by atoms with Crippen LogP contribution in [0.15, 0.2) is 0 Å². The van der Waals surface area contributed by atoms with E-state index >= 15 is 0 Å². The monoisotopic (exact) mass is 277 g/mol. The zero-order valence-corrected chi connectivity index (χ0v) is 12.7. The van der Waals surface area contributed by atoms with Crippen LogP contribution in [0.4, 0.5) is 5.82 Å². The number of piperidine rings is 1. The molecule has 20 heavy (non-hydrogen) atoms. The lowest BCUT2D eigenvalue weighted by Gasteiger charge is -2.39. The molecule has 2 rings (SSSR count). The number of anilines is 1. The Morgan fingerprint density at radius 2 is 1.90 bits per heavy atom. The number of hydrogen-bond acceptors (Lipinski definition) is 4. The van der Waals surface area contributed by atoms with Gasteiger partial charge in [-0.3, -0.25) is 0 Å². The summed E-state index contributed by atoms with van der Waals surface area (Å²) in [5.74, 6) is -0.391. The van der Waals surface area contributed by atoms with Gasteiger partial charge in [-0.25, -0.2) is 4.79 Å². The van der Waals surface area contributed by atoms with Crippen LogP contribution in [0, 0.1) is 19.3 Å². The van der Waals surface area contributed by atoms with Crippen LogP contribution in [0.3, 0.4) is 0 Å². The molecule has 2 heterocycles. The summed E-state index contributed by atoms with van der Waals surface area (Å²) in [6, 6.07) is 0. The zero-order valence-electron chi connectivity index (χ0n) is 12.7. The van der Waals surface area contributed by atoms with E-state index < -0.39 is 5.97 Å². The first-order valence-electron chi connectivity index (χ1n) is 7.20. The molecule has 0 saturated carbocycles. The third-order valence-electron chi connectivity index (χ3n) is 4.77. The van der Waals surface area contributed by atoms with Gasteiger partial charge in [0.15, 0.2) is 5.82 Å². The zero-order chi connectivity index (χ0) is 14.9. The second-order valence-electron chi connectivity index (χ2n) is 6.07. The molecular weight excluding hydrogens is 254 g/mol. The normalized spacial score (nSPS) is 18.1. The number of aromatic carboxylic acids is 1. The second-order valence-corrected chi connectivity index (χ2v) is 6.07. The Morgan fingerprint density at radius 3 is 2.40 bits per heavy atom. The molecule has 0 spiro atoms. The highest BCUT2D eigenvalue weighted by atomic mass is 16.4. The van der Waals surface area contributed by atoms with Crippen molar-refractivity contribution in [3.63, 3.8) is 0 Å². The Kier molecular flexibility index (Phi) is 3.97. The summed E-state index contributed by atoms with van der Waals surface area (Å²) in [5.41, 5.74) is 2.07. The molecule has 1 aliphatic rings. The molecule has 0 amide bonds. The van der Waals surface area contributed by atoms with E-state index in [2.05, 4.69) is 28.9 Å². The highest BCUT2D eigenvalue weighted by molar-refractivity contribution is 5.95. The molecular formula is C15H23N3O2. The fraction of sp³-hybridized carbons (Fsp3) is 0.667. The van der Waals surface area contributed by atoms with Gasteiger partial charge in [-0.2, -0.15) is 5.10 Å². The van der Waals surface area contributed by atoms with E-state index in [0.29, 0.717) is 28.1 Å². The summed E-state index contributed by atoms with van der Waals surface area (Å²) in [6.07, 6.45) is 3.29. The molecule has 1 fully saturated rings. The molecule has 5 heteroatoms. The molecule has 5 nitrogen and oxygen atoms in total. The molecule has 1 aliphatic heterocycles. The fourth-order valence-corrected chi connectivity index (χ4v) is 2.69. The summed E-state index contributed by atoms with van der Waals surface area (Å²) >= 11 is 0. The van der Waals surface area contributed by atoms with Crippen molar-refractivity contribution in [3.8, 4) is 0 Å². The molecule has 1 saturated heterocycles. The van der Waals surface area contributed by atoms with E-state index in [1.807, 2.05) is 0 Å². The minimum atomic E-state index is -0.917. The Bertz CT molecular complexity index is 520. The van der Waals surface area contributed by atoms with Crippen LogP contribution in [-0.4, -0.2) is 34.4 Å². The Morgan fingerprint density at radius 1 is 1.30 bits per heavy atom. The first kappa shape index (κ1) is 14.8. The molecule has 0 radical (unpaired) electrons. The van der Waals surface area contributed by atoms with Crippen LogP contribution in [0.25, 0.3) is 0 Å². The number of aryl methyl sites for hydroxylation is 1. The summed E-state index contributed by atoms with van der Waals surface area (Å²) in [6.45, 7) is 9.81. The van der Waals surface area contributed by atoms with Crippen LogP contribution < -0.4 is 4.90 Å². The van der Waals surface area contributed by atoms with Crippen molar-refractivity contribution >= 4 is 11.8 Å². The predicted octanol–water partition coefficient (Wildman–Crippen LogP) is 2.81. The molecule has 1 aromatic rings. The third-order valence-corrected chi connectivity index (χ3v) is 4.77. The number of rotatable bonds is 3. The van der Waals surface area contributed by atoms with E-state index in [4.69, 9.17) is 0 Å². The highest BCUT2D eigenvalue weighted by Gasteiger charge is 2.31. The van der Waals surface area contributed by atoms with Gasteiger partial charge in [0.1, 0.15) is 5.56 Å². The SMILES string of the molecule is CCC1(C)CCN(c2nnc(C)c(C)c2C(=O)O)CC1. The number of carboxylic acids is 1. The molecule has 0 aliphatic carbocycles. The van der Waals surface area contributed by atoms with Crippen LogP contribution in [0.5, 0.6) is 0 Å². The third kappa shape index (κ3) is 2.62. The summed E-state index contributed by atoms with van der Waals surface area (Å²) < 4.78 is 0. The smallest absolute Gasteiger partial charge is 0.339 e. The van der Waals surface area contributed by atoms with Crippen molar-refractivity contribution in [1.82, 2.24) is 10.2 Å². The molecule has 1 aromatic heterocycles. The maximum Gasteiger partial charge on any atom is 0.339 e. The fourth-order valence-electron chi connectivity index (χ4n) is 2.69. The summed E-state index contributed by atoms with van der Waals surface area (Å²) in [7, 11) is 0. The lowest BCUT2D eigenvalue weighted by Crippen LogP contribution is -2.40. The number of carbonyl (C=O) groups is 1. The Hall–Kier alpha value is -1.65. The van der Waals surface area contributed by atoms with Gasteiger partial charge in [-0.1, -0.05) is 20.3 Å². The molecule has 0 atom stereocenters. The van der Waals surface area contributed by atoms with Gasteiger partial charge in [0, 0.05) is 13.1 Å². The maximum absolute atomic E-state index is 11.5. The number of carboxylic acid groups (broad SMARTS) is 1. The largest absolute Gasteiger partial charge is 0.478 e. The maximum atomic E-state index is 11.5. The van der Waals surface area contributed by atoms with Crippen molar-refractivity contribution < 1.29 is 9.90 Å². The predicted molar refractivity (Wildman–Crippen MR) is 78.3 cm³/mol. The van der Waals surface area contributed by atoms with Gasteiger partial charge >= 0.3 is 5.97 Å². The van der Waals surface area contributed by atoms with Gasteiger partial charge in [0.2, 0.25) is 0 Å². The molecule has 0 aromatic carbocycles. The van der Waals surface area contributed by atoms with E-state index in [-0.39, 0.29) is 0 Å². The van der Waals surface area contributed by atoms with Crippen molar-refractivity contribution in [1.29, 1.82) is 0 Å². The lowest BCUT2D eigenvalue weighted by atomic mass is 9.78. The van der Waals surface area contributed by atoms with Crippen LogP contribution in [0.1, 0.15) is 54.7 Å². The quantitative estimate of drug-likeness (QED) is 0.920. The second kappa shape index (κ2) is 5.38. The molecule has 1 N–H and O–H groups in total. The van der Waals surface area contributed by atoms with Crippen molar-refractivity contribution in [2.75, 3.05) is 18.0 Å². The van der Waals surface area contributed by atoms with E-state index in [1.165, 1.54) is 0 Å². The van der Waals surface area contributed by atoms with Crippen LogP contribution in [0.2, 0.25) is 0 Å². The standard InChI is InChI=1S/C15H23N3O2/c1-5-15(4)6-8-18(9-7-15)13-12(14(19)20)10(2)11(3)16-17-13/h5-9H2,1-4H3,(H,19,20). The van der Waals surface area contributed by atoms with Crippen molar-refractivity contribution in [2.24, 2.45) is 5.41 Å². The average Bonchev–Trinajstić information content (AvgIpc) is 2.42. The van der Waals surface area contributed by atoms with Gasteiger partial charge in [-0.15, -0.1) is 5.10 Å². The highest BCUT2D eigenvalue weighted by Crippen LogP contribution is 2.36. The van der Waals surface area contributed by atoms with E-state index in [0.717, 1.165) is 32.4 Å². The number of nitrogens with zero attached hydrogens (tertiary/aromatic N) is 3. The first-order chi connectivity index (χ1) is 9.38. The molecule has 0 bridgehead atoms. The van der Waals surface area contributed by atoms with Crippen molar-refractivity contribution in [3.05, 3.63) is 16.8 Å². The average molecular weight is 277 g/mol. The first-order valence-corrected chi connectivity index (χ1v) is 7.20. The minimum absolute atomic E-state index is 0.303. The lowest BCUT2D eigenvalue weighted by molar-refractivity contribution is 0.0695. The van der Waals surface area contributed by atoms with Gasteiger partial charge < -0.3 is 10.0 Å². The van der Waals surface area contributed by atoms with Gasteiger partial charge in [0.25, 0.3) is 0 Å². The minimum Gasteiger partial charge on any atom is -0.478 e. The van der Waals surface area contributed by atoms with Gasteiger partial charge in [-0.05, 0) is 37.7 Å². The molecule has 0 unspecified atom stereocenters. The van der Waals surface area contributed by atoms with Crippen molar-refractivity contribution in [2.45, 2.75) is 47.0 Å². The van der Waals surface area contributed by atoms with E-state index in [9.17, 15) is 9.90 Å². The number of hydrogen-bond donors (Lipinski definition) is 1. The topological polar surface area (TPSA) is 66.3 Å². The van der Waals surface area contributed by atoms with Crippen LogP contribution >= 0.6 is 0 Å². The Labute approximate surface area is 120 Å². The Balaban J connectivity index is 2.31. The summed E-state index contributed by atoms with van der Waals surface area (Å²) in [4.78, 5) is 13.6.